The number of allylic oxidation sites excluding steroid dienone is 4. The van der Waals surface area contributed by atoms with E-state index in [-0.39, 0.29) is 36.2 Å². The van der Waals surface area contributed by atoms with E-state index in [9.17, 15) is 39.5 Å². The van der Waals surface area contributed by atoms with Crippen LogP contribution in [0.4, 0.5) is 65.9 Å². The molecular formula is C77H60BBr4F15O2S4. The highest BCUT2D eigenvalue weighted by Crippen LogP contribution is 2.67. The molecule has 26 heteroatoms. The minimum atomic E-state index is -5.99. The first kappa shape index (κ1) is 82.3. The van der Waals surface area contributed by atoms with E-state index < -0.39 is 82.4 Å². The maximum atomic E-state index is 16.4. The van der Waals surface area contributed by atoms with Gasteiger partial charge in [0.15, 0.2) is 0 Å². The average Bonchev–Trinajstić information content (AvgIpc) is 1.52. The minimum absolute atomic E-state index is 0.0223. The Labute approximate surface area is 636 Å². The summed E-state index contributed by atoms with van der Waals surface area (Å²) >= 11 is 18.3. The number of hydrogen-bond acceptors (Lipinski definition) is 6. The van der Waals surface area contributed by atoms with Crippen LogP contribution in [0.15, 0.2) is 223 Å². The Bertz CT molecular complexity index is 4670. The van der Waals surface area contributed by atoms with Crippen molar-refractivity contribution in [3.05, 3.63) is 273 Å². The molecule has 2 aliphatic carbocycles. The van der Waals surface area contributed by atoms with Gasteiger partial charge in [-0.25, -0.2) is 0 Å². The molecule has 4 aromatic heterocycles. The zero-order valence-electron chi connectivity index (χ0n) is 55.0. The summed E-state index contributed by atoms with van der Waals surface area (Å²) in [5.41, 5.74) is -0.868. The molecule has 0 atom stereocenters. The van der Waals surface area contributed by atoms with E-state index in [1.807, 2.05) is 76.2 Å². The Morgan fingerprint density at radius 1 is 0.369 bits per heavy atom. The van der Waals surface area contributed by atoms with Gasteiger partial charge in [0.1, 0.15) is 0 Å². The summed E-state index contributed by atoms with van der Waals surface area (Å²) in [5.74, 6) is -17.0. The third-order valence-corrected chi connectivity index (χ3v) is 24.0. The van der Waals surface area contributed by atoms with Crippen molar-refractivity contribution in [1.82, 2.24) is 0 Å². The Morgan fingerprint density at radius 3 is 0.942 bits per heavy atom. The lowest BCUT2D eigenvalue weighted by atomic mass is 9.80. The Morgan fingerprint density at radius 2 is 0.660 bits per heavy atom. The van der Waals surface area contributed by atoms with Crippen LogP contribution in [0.2, 0.25) is 0 Å². The third-order valence-electron chi connectivity index (χ3n) is 15.7. The molecule has 0 unspecified atom stereocenters. The lowest BCUT2D eigenvalue weighted by Gasteiger charge is -2.26. The maximum absolute atomic E-state index is 16.4. The van der Waals surface area contributed by atoms with Gasteiger partial charge in [-0.2, -0.15) is 65.9 Å². The lowest BCUT2D eigenvalue weighted by Crippen LogP contribution is -2.48. The molecule has 0 spiro atoms. The number of aryl methyl sites for hydroxylation is 4. The van der Waals surface area contributed by atoms with Crippen molar-refractivity contribution in [1.29, 1.82) is 0 Å². The van der Waals surface area contributed by atoms with Crippen LogP contribution in [-0.2, 0) is 18.5 Å². The number of alkyl halides is 15. The SMILES string of the molecule is Brc1cc(Br)c(Br)s1.C1=CCCC1.CC.Cc1ccc(-c2cc(C3=C(c4cc(-c5ccc(C(F)(F)F)cc5)sc4-c4ccc(C)cc4)C(F)(F)C(F)(F)C3(F)F)c(-c3ccc(C(F)(F)F)cc3)s2)cc1.Cc1ccc(-c2sc(-c3ccc(C(F)(F)F)cc3)cc2Br)cc1.Cc1ccc(B(O)O)cc1. The summed E-state index contributed by atoms with van der Waals surface area (Å²) in [7, 11) is -1.35. The second-order valence-electron chi connectivity index (χ2n) is 23.2. The van der Waals surface area contributed by atoms with Crippen LogP contribution < -0.4 is 5.46 Å². The lowest BCUT2D eigenvalue weighted by molar-refractivity contribution is -0.254. The van der Waals surface area contributed by atoms with E-state index in [4.69, 9.17) is 10.0 Å². The standard InChI is InChI=1S/C41H24F12S2.C18H12BrF3S.C7H9BO2.C5H8.C4HBr3S.C2H6/c1-21-3-7-23(8-4-21)31-19-30(36(54-31)26-13-17-28(18-14-26)40(49,50)51)34-33(37(42,43)41(52,53)38(34,44)45)29-20-32(24-11-15-27(16-12-24)39(46,47)48)55-35(29)25-9-5-22(2)6-10-25;1-11-2-4-13(5-3-11)17-15(19)10-16(23-17)12-6-8-14(9-7-12)18(20,21)22;1-6-2-4-7(5-3-6)8(9)10;1-2-4-5-3-1;5-2-1-3(6)8-4(2)7;1-2/h3-20H,1-2H3;2-10H,1H3;2-5,9-10H,1H3;1-2H,3-5H2;1H;1-2H3. The molecule has 0 aliphatic heterocycles. The highest BCUT2D eigenvalue weighted by Gasteiger charge is 2.80. The molecule has 4 heterocycles. The van der Waals surface area contributed by atoms with Gasteiger partial charge in [0.2, 0.25) is 0 Å². The zero-order valence-corrected chi connectivity index (χ0v) is 64.6. The van der Waals surface area contributed by atoms with Gasteiger partial charge < -0.3 is 10.0 Å². The molecule has 0 saturated carbocycles. The van der Waals surface area contributed by atoms with E-state index in [0.29, 0.717) is 23.2 Å². The van der Waals surface area contributed by atoms with Crippen molar-refractivity contribution in [2.75, 3.05) is 0 Å². The molecule has 0 amide bonds. The molecular weight excluding hydrogens is 1700 g/mol. The summed E-state index contributed by atoms with van der Waals surface area (Å²) < 4.78 is 220. The maximum Gasteiger partial charge on any atom is 0.488 e. The molecule has 0 radical (unpaired) electrons. The normalized spacial score (nSPS) is 14.2. The van der Waals surface area contributed by atoms with Gasteiger partial charge in [-0.3, -0.25) is 0 Å². The average molecular weight is 1760 g/mol. The molecule has 2 aliphatic rings. The predicted octanol–water partition coefficient (Wildman–Crippen LogP) is 28.6. The summed E-state index contributed by atoms with van der Waals surface area (Å²) in [6, 6.07) is 46.0. The Balaban J connectivity index is 0.000000224. The van der Waals surface area contributed by atoms with Gasteiger partial charge in [0.25, 0.3) is 0 Å². The van der Waals surface area contributed by atoms with Crippen LogP contribution in [-0.4, -0.2) is 34.9 Å². The molecule has 540 valence electrons. The molecule has 13 rings (SSSR count). The molecule has 0 fully saturated rings. The first-order valence-electron chi connectivity index (χ1n) is 31.2. The predicted molar refractivity (Wildman–Crippen MR) is 407 cm³/mol. The van der Waals surface area contributed by atoms with E-state index in [0.717, 1.165) is 137 Å². The van der Waals surface area contributed by atoms with Crippen molar-refractivity contribution in [3.8, 4) is 62.6 Å². The largest absolute Gasteiger partial charge is 0.488 e. The minimum Gasteiger partial charge on any atom is -0.423 e. The Kier molecular flexibility index (Phi) is 27.6. The number of benzene rings is 7. The number of rotatable bonds is 9. The molecule has 2 nitrogen and oxygen atoms in total. The van der Waals surface area contributed by atoms with Crippen LogP contribution in [0.3, 0.4) is 0 Å². The smallest absolute Gasteiger partial charge is 0.423 e. The second-order valence-corrected chi connectivity index (χ2v) is 31.8. The van der Waals surface area contributed by atoms with Crippen LogP contribution in [0.25, 0.3) is 73.8 Å². The highest BCUT2D eigenvalue weighted by molar-refractivity contribution is 9.14. The fourth-order valence-electron chi connectivity index (χ4n) is 10.2. The monoisotopic (exact) mass is 1760 g/mol. The second kappa shape index (κ2) is 34.5. The van der Waals surface area contributed by atoms with Crippen LogP contribution in [0.5, 0.6) is 0 Å². The van der Waals surface area contributed by atoms with Crippen LogP contribution >= 0.6 is 109 Å². The van der Waals surface area contributed by atoms with Crippen molar-refractivity contribution >= 4 is 133 Å². The fourth-order valence-corrected chi connectivity index (χ4v) is 17.9. The van der Waals surface area contributed by atoms with Gasteiger partial charge in [0, 0.05) is 60.5 Å². The summed E-state index contributed by atoms with van der Waals surface area (Å²) in [4.78, 5) is 1.80. The van der Waals surface area contributed by atoms with Gasteiger partial charge in [-0.1, -0.05) is 182 Å². The van der Waals surface area contributed by atoms with Crippen molar-refractivity contribution in [3.63, 3.8) is 0 Å². The number of halogens is 19. The topological polar surface area (TPSA) is 40.5 Å². The van der Waals surface area contributed by atoms with Crippen molar-refractivity contribution in [2.45, 2.75) is 97.1 Å². The van der Waals surface area contributed by atoms with Crippen LogP contribution in [0.1, 0.15) is 83.2 Å². The molecule has 0 bridgehead atoms. The zero-order chi connectivity index (χ0) is 75.7. The van der Waals surface area contributed by atoms with Gasteiger partial charge in [-0.15, -0.1) is 45.3 Å². The van der Waals surface area contributed by atoms with Gasteiger partial charge in [-0.05, 0) is 210 Å². The summed E-state index contributed by atoms with van der Waals surface area (Å²) in [5, 5.41) is 17.3. The van der Waals surface area contributed by atoms with E-state index in [1.54, 1.807) is 85.1 Å². The van der Waals surface area contributed by atoms with Gasteiger partial charge >= 0.3 is 43.4 Å². The number of hydrogen-bond donors (Lipinski definition) is 2. The van der Waals surface area contributed by atoms with E-state index in [2.05, 4.69) is 75.9 Å². The first-order valence-corrected chi connectivity index (χ1v) is 37.7. The molecule has 103 heavy (non-hydrogen) atoms. The molecule has 11 aromatic rings. The van der Waals surface area contributed by atoms with Crippen molar-refractivity contribution < 1.29 is 75.9 Å². The quantitative estimate of drug-likeness (QED) is 0.0859. The Hall–Kier alpha value is -6.33. The fraction of sp³-hybridized carbons (Fsp3) is 0.195. The van der Waals surface area contributed by atoms with E-state index in [1.165, 1.54) is 49.1 Å². The summed E-state index contributed by atoms with van der Waals surface area (Å²) in [6.45, 7) is 11.5. The molecule has 2 N–H and O–H groups in total. The molecule has 7 aromatic carbocycles. The first-order chi connectivity index (χ1) is 48.3. The molecule has 0 saturated heterocycles. The summed E-state index contributed by atoms with van der Waals surface area (Å²) in [6.07, 6.45) is -5.29. The van der Waals surface area contributed by atoms with Gasteiger partial charge in [0.05, 0.1) is 24.3 Å². The van der Waals surface area contributed by atoms with Crippen LogP contribution in [0, 0.1) is 27.7 Å². The highest BCUT2D eigenvalue weighted by atomic mass is 79.9. The number of thiophene rings is 4. The van der Waals surface area contributed by atoms with E-state index >= 15 is 26.3 Å². The van der Waals surface area contributed by atoms with Crippen molar-refractivity contribution in [2.24, 2.45) is 0 Å². The third kappa shape index (κ3) is 20.0.